The molecule has 1 amide bonds. The van der Waals surface area contributed by atoms with Crippen molar-refractivity contribution in [3.63, 3.8) is 0 Å². The van der Waals surface area contributed by atoms with Gasteiger partial charge in [0.25, 0.3) is 11.7 Å². The minimum atomic E-state index is -0.858. The largest absolute Gasteiger partial charge is 0.507 e. The van der Waals surface area contributed by atoms with Crippen LogP contribution in [-0.4, -0.2) is 93.4 Å². The zero-order valence-electron chi connectivity index (χ0n) is 22.7. The van der Waals surface area contributed by atoms with E-state index in [1.807, 2.05) is 13.0 Å². The highest BCUT2D eigenvalue weighted by Crippen LogP contribution is 2.46. The summed E-state index contributed by atoms with van der Waals surface area (Å²) in [5, 5.41) is 11.6. The van der Waals surface area contributed by atoms with Crippen molar-refractivity contribution >= 4 is 17.4 Å². The van der Waals surface area contributed by atoms with Crippen LogP contribution in [0.25, 0.3) is 5.76 Å². The van der Waals surface area contributed by atoms with Crippen molar-refractivity contribution in [2.24, 2.45) is 0 Å². The smallest absolute Gasteiger partial charge is 0.295 e. The zero-order valence-corrected chi connectivity index (χ0v) is 22.7. The molecule has 3 aliphatic heterocycles. The molecule has 1 N–H and O–H groups in total. The Morgan fingerprint density at radius 3 is 2.33 bits per heavy atom. The number of ketones is 1. The van der Waals surface area contributed by atoms with Crippen molar-refractivity contribution in [3.8, 4) is 23.0 Å². The quantitative estimate of drug-likeness (QED) is 0.308. The summed E-state index contributed by atoms with van der Waals surface area (Å²) in [5.41, 5.74) is 1.97. The van der Waals surface area contributed by atoms with E-state index in [1.165, 1.54) is 26.2 Å². The Morgan fingerprint density at radius 1 is 1.00 bits per heavy atom. The van der Waals surface area contributed by atoms with E-state index in [9.17, 15) is 14.7 Å². The topological polar surface area (TPSA) is 107 Å². The van der Waals surface area contributed by atoms with Crippen LogP contribution in [0.15, 0.2) is 35.9 Å². The summed E-state index contributed by atoms with van der Waals surface area (Å²) >= 11 is 0. The number of Topliss-reactive ketones (excluding diaryl/α,β-unsaturated/α-hetero) is 1. The van der Waals surface area contributed by atoms with Crippen LogP contribution in [0.5, 0.6) is 23.0 Å². The molecule has 0 bridgehead atoms. The number of methoxy groups -OCH3 is 3. The summed E-state index contributed by atoms with van der Waals surface area (Å²) in [6, 6.07) is 7.89. The van der Waals surface area contributed by atoms with Gasteiger partial charge >= 0.3 is 0 Å². The molecule has 2 atom stereocenters. The molecule has 0 aromatic heterocycles. The maximum Gasteiger partial charge on any atom is 0.295 e. The summed E-state index contributed by atoms with van der Waals surface area (Å²) in [7, 11) is 4.51. The van der Waals surface area contributed by atoms with E-state index in [0.29, 0.717) is 54.6 Å². The van der Waals surface area contributed by atoms with Gasteiger partial charge in [-0.3, -0.25) is 14.5 Å². The van der Waals surface area contributed by atoms with Crippen LogP contribution in [-0.2, 0) is 20.7 Å². The van der Waals surface area contributed by atoms with Gasteiger partial charge in [-0.2, -0.15) is 0 Å². The van der Waals surface area contributed by atoms with Crippen LogP contribution in [0.4, 0.5) is 0 Å². The lowest BCUT2D eigenvalue weighted by molar-refractivity contribution is -0.140. The molecule has 0 radical (unpaired) electrons. The Bertz CT molecular complexity index is 1280. The molecule has 2 saturated heterocycles. The van der Waals surface area contributed by atoms with E-state index in [-0.39, 0.29) is 24.0 Å². The SMILES string of the molecule is COc1cc(C2/C(=C(\O)c3ccc4c(c3)CC(C)O4)C(=O)C(=O)N2CCN2CCOCC2)cc(OC)c1OC. The van der Waals surface area contributed by atoms with Gasteiger partial charge in [0.1, 0.15) is 17.6 Å². The van der Waals surface area contributed by atoms with Gasteiger partial charge in [-0.05, 0) is 48.4 Å². The Hall–Kier alpha value is -3.76. The molecule has 2 aromatic rings. The Kier molecular flexibility index (Phi) is 7.67. The maximum absolute atomic E-state index is 13.5. The predicted octanol–water partition coefficient (Wildman–Crippen LogP) is 2.79. The molecule has 10 heteroatoms. The maximum atomic E-state index is 13.5. The number of carbonyl (C=O) groups is 2. The van der Waals surface area contributed by atoms with Crippen molar-refractivity contribution in [2.45, 2.75) is 25.5 Å². The van der Waals surface area contributed by atoms with E-state index >= 15 is 0 Å². The number of benzene rings is 2. The number of carbonyl (C=O) groups excluding carboxylic acids is 2. The van der Waals surface area contributed by atoms with Crippen LogP contribution in [0.3, 0.4) is 0 Å². The van der Waals surface area contributed by atoms with E-state index in [2.05, 4.69) is 4.90 Å². The third kappa shape index (κ3) is 5.02. The first-order valence-electron chi connectivity index (χ1n) is 13.0. The molecule has 3 heterocycles. The van der Waals surface area contributed by atoms with Crippen molar-refractivity contribution < 1.29 is 38.4 Å². The van der Waals surface area contributed by atoms with Crippen molar-refractivity contribution in [2.75, 3.05) is 60.7 Å². The number of fused-ring (bicyclic) bond motifs is 1. The first-order valence-corrected chi connectivity index (χ1v) is 13.0. The molecule has 5 rings (SSSR count). The van der Waals surface area contributed by atoms with Gasteiger partial charge in [0.15, 0.2) is 11.5 Å². The molecule has 39 heavy (non-hydrogen) atoms. The highest BCUT2D eigenvalue weighted by molar-refractivity contribution is 6.46. The van der Waals surface area contributed by atoms with Gasteiger partial charge < -0.3 is 33.7 Å². The third-order valence-electron chi connectivity index (χ3n) is 7.47. The number of nitrogens with zero attached hydrogens (tertiary/aromatic N) is 2. The number of rotatable bonds is 8. The average Bonchev–Trinajstić information content (AvgIpc) is 3.46. The molecule has 2 unspecified atom stereocenters. The molecular weight excluding hydrogens is 504 g/mol. The van der Waals surface area contributed by atoms with Gasteiger partial charge in [-0.1, -0.05) is 0 Å². The summed E-state index contributed by atoms with van der Waals surface area (Å²) in [5.74, 6) is 0.278. The molecule has 208 valence electrons. The first-order chi connectivity index (χ1) is 18.9. The highest BCUT2D eigenvalue weighted by Gasteiger charge is 2.46. The summed E-state index contributed by atoms with van der Waals surface area (Å²) < 4.78 is 27.8. The fraction of sp³-hybridized carbons (Fsp3) is 0.448. The van der Waals surface area contributed by atoms with Crippen molar-refractivity contribution in [3.05, 3.63) is 52.6 Å². The lowest BCUT2D eigenvalue weighted by Gasteiger charge is -2.31. The number of likely N-dealkylation sites (tertiary alicyclic amines) is 1. The second-order valence-corrected chi connectivity index (χ2v) is 9.86. The Balaban J connectivity index is 1.61. The van der Waals surface area contributed by atoms with Gasteiger partial charge in [-0.15, -0.1) is 0 Å². The molecule has 0 spiro atoms. The fourth-order valence-electron chi connectivity index (χ4n) is 5.52. The van der Waals surface area contributed by atoms with E-state index in [0.717, 1.165) is 24.4 Å². The number of hydrogen-bond donors (Lipinski definition) is 1. The van der Waals surface area contributed by atoms with Crippen LogP contribution >= 0.6 is 0 Å². The molecule has 0 aliphatic carbocycles. The summed E-state index contributed by atoms with van der Waals surface area (Å²) in [6.45, 7) is 5.56. The normalized spacial score (nSPS) is 22.5. The van der Waals surface area contributed by atoms with Gasteiger partial charge in [0, 0.05) is 38.2 Å². The highest BCUT2D eigenvalue weighted by atomic mass is 16.5. The number of aliphatic hydroxyl groups excluding tert-OH is 1. The summed E-state index contributed by atoms with van der Waals surface area (Å²) in [6.07, 6.45) is 0.725. The predicted molar refractivity (Wildman–Crippen MR) is 143 cm³/mol. The number of amides is 1. The molecule has 3 aliphatic rings. The molecule has 2 aromatic carbocycles. The monoisotopic (exact) mass is 538 g/mol. The minimum absolute atomic E-state index is 0.0168. The molecular formula is C29H34N2O8. The standard InChI is InChI=1S/C29H34N2O8/c1-17-13-19-14-18(5-6-21(19)39-17)26(32)24-25(20-15-22(35-2)28(37-4)23(16-20)36-3)31(29(34)27(24)33)8-7-30-9-11-38-12-10-30/h5-6,14-17,25,32H,7-13H2,1-4H3/b26-24+. The number of hydrogen-bond acceptors (Lipinski definition) is 9. The second-order valence-electron chi connectivity index (χ2n) is 9.86. The number of aliphatic hydroxyl groups is 1. The number of morpholine rings is 1. The third-order valence-corrected chi connectivity index (χ3v) is 7.47. The van der Waals surface area contributed by atoms with Crippen LogP contribution in [0.2, 0.25) is 0 Å². The van der Waals surface area contributed by atoms with Crippen LogP contribution in [0.1, 0.15) is 29.7 Å². The first kappa shape index (κ1) is 26.8. The van der Waals surface area contributed by atoms with Gasteiger partial charge in [0.2, 0.25) is 5.75 Å². The van der Waals surface area contributed by atoms with E-state index < -0.39 is 17.7 Å². The van der Waals surface area contributed by atoms with Crippen LogP contribution in [0, 0.1) is 0 Å². The number of ether oxygens (including phenoxy) is 5. The lowest BCUT2D eigenvalue weighted by atomic mass is 9.94. The van der Waals surface area contributed by atoms with Crippen molar-refractivity contribution in [1.82, 2.24) is 9.80 Å². The van der Waals surface area contributed by atoms with E-state index in [1.54, 1.807) is 24.3 Å². The average molecular weight is 539 g/mol. The Labute approximate surface area is 227 Å². The minimum Gasteiger partial charge on any atom is -0.507 e. The molecule has 10 nitrogen and oxygen atoms in total. The van der Waals surface area contributed by atoms with E-state index in [4.69, 9.17) is 23.7 Å². The second kappa shape index (κ2) is 11.2. The lowest BCUT2D eigenvalue weighted by Crippen LogP contribution is -2.42. The van der Waals surface area contributed by atoms with Crippen LogP contribution < -0.4 is 18.9 Å². The molecule has 2 fully saturated rings. The molecule has 0 saturated carbocycles. The Morgan fingerprint density at radius 2 is 1.69 bits per heavy atom. The van der Waals surface area contributed by atoms with Crippen molar-refractivity contribution in [1.29, 1.82) is 0 Å². The van der Waals surface area contributed by atoms with Gasteiger partial charge in [-0.25, -0.2) is 0 Å². The fourth-order valence-corrected chi connectivity index (χ4v) is 5.52. The van der Waals surface area contributed by atoms with Gasteiger partial charge in [0.05, 0.1) is 46.2 Å². The summed E-state index contributed by atoms with van der Waals surface area (Å²) in [4.78, 5) is 30.7. The zero-order chi connectivity index (χ0) is 27.7.